The zero-order valence-corrected chi connectivity index (χ0v) is 20.6. The highest BCUT2D eigenvalue weighted by molar-refractivity contribution is 9.10. The summed E-state index contributed by atoms with van der Waals surface area (Å²) in [5, 5.41) is 10.5. The molecule has 3 aromatic rings. The van der Waals surface area contributed by atoms with E-state index in [0.29, 0.717) is 10.5 Å². The third-order valence-corrected chi connectivity index (χ3v) is 7.18. The van der Waals surface area contributed by atoms with Crippen molar-refractivity contribution in [3.8, 4) is 5.88 Å². The van der Waals surface area contributed by atoms with Crippen LogP contribution in [0.1, 0.15) is 24.4 Å². The van der Waals surface area contributed by atoms with Crippen molar-refractivity contribution in [2.24, 2.45) is 0 Å². The van der Waals surface area contributed by atoms with Crippen LogP contribution in [0.5, 0.6) is 5.88 Å². The molecule has 0 saturated heterocycles. The van der Waals surface area contributed by atoms with E-state index in [9.17, 15) is 27.1 Å². The summed E-state index contributed by atoms with van der Waals surface area (Å²) in [6.45, 7) is 1.37. The molecule has 1 heterocycles. The molecule has 2 aromatic carbocycles. The maximum atomic E-state index is 14.0. The van der Waals surface area contributed by atoms with Crippen LogP contribution in [0.15, 0.2) is 61.5 Å². The second-order valence-corrected chi connectivity index (χ2v) is 9.93. The molecule has 182 valence electrons. The first-order chi connectivity index (χ1) is 16.1. The molecule has 0 aliphatic carbocycles. The normalized spacial score (nSPS) is 12.6. The van der Waals surface area contributed by atoms with Crippen molar-refractivity contribution in [3.05, 3.63) is 80.3 Å². The van der Waals surface area contributed by atoms with Gasteiger partial charge in [0.05, 0.1) is 17.5 Å². The van der Waals surface area contributed by atoms with E-state index in [0.717, 1.165) is 16.7 Å². The van der Waals surface area contributed by atoms with Crippen LogP contribution < -0.4 is 5.56 Å². The number of hydrogen-bond donors (Lipinski definition) is 1. The monoisotopic (exact) mass is 558 g/mol. The lowest BCUT2D eigenvalue weighted by atomic mass is 10.1. The van der Waals surface area contributed by atoms with E-state index in [2.05, 4.69) is 20.9 Å². The van der Waals surface area contributed by atoms with Crippen LogP contribution >= 0.6 is 15.9 Å². The molecule has 3 rings (SSSR count). The van der Waals surface area contributed by atoms with Gasteiger partial charge < -0.3 is 14.6 Å². The average Bonchev–Trinajstić information content (AvgIpc) is 2.76. The van der Waals surface area contributed by atoms with Gasteiger partial charge in [-0.3, -0.25) is 9.36 Å². The van der Waals surface area contributed by atoms with E-state index in [-0.39, 0.29) is 36.1 Å². The molecule has 0 amide bonds. The first kappa shape index (κ1) is 25.9. The van der Waals surface area contributed by atoms with Crippen LogP contribution in [0.4, 0.5) is 8.78 Å². The third kappa shape index (κ3) is 5.35. The van der Waals surface area contributed by atoms with Gasteiger partial charge in [-0.2, -0.15) is 4.98 Å². The fourth-order valence-electron chi connectivity index (χ4n) is 3.38. The Bertz CT molecular complexity index is 1330. The average molecular weight is 559 g/mol. The van der Waals surface area contributed by atoms with Crippen molar-refractivity contribution in [3.63, 3.8) is 0 Å². The van der Waals surface area contributed by atoms with Crippen LogP contribution in [0.3, 0.4) is 0 Å². The number of rotatable bonds is 9. The van der Waals surface area contributed by atoms with Gasteiger partial charge in [-0.05, 0) is 48.9 Å². The van der Waals surface area contributed by atoms with Gasteiger partial charge in [0.25, 0.3) is 5.56 Å². The van der Waals surface area contributed by atoms with Crippen LogP contribution in [-0.2, 0) is 25.9 Å². The van der Waals surface area contributed by atoms with Crippen molar-refractivity contribution >= 4 is 25.8 Å². The molecule has 0 spiro atoms. The topological polar surface area (TPSA) is 108 Å². The van der Waals surface area contributed by atoms with Gasteiger partial charge in [0, 0.05) is 24.3 Å². The number of hydrogen-bond acceptors (Lipinski definition) is 7. The Morgan fingerprint density at radius 1 is 1.15 bits per heavy atom. The second-order valence-electron chi connectivity index (χ2n) is 7.12. The van der Waals surface area contributed by atoms with Gasteiger partial charge in [0.2, 0.25) is 15.7 Å². The number of ether oxygens (including phenoxy) is 2. The fraction of sp³-hybridized carbons (Fsp3) is 0.273. The van der Waals surface area contributed by atoms with E-state index in [1.165, 1.54) is 31.4 Å². The SMILES string of the molecule is CCOCc1nc(O)c(S(=O)(=O)c2ccc(Br)cc2)c(=O)n1C(COC)c1cc(F)cc(F)c1. The van der Waals surface area contributed by atoms with Crippen molar-refractivity contribution in [1.82, 2.24) is 9.55 Å². The van der Waals surface area contributed by atoms with E-state index in [1.54, 1.807) is 6.92 Å². The largest absolute Gasteiger partial charge is 0.492 e. The predicted octanol–water partition coefficient (Wildman–Crippen LogP) is 3.59. The quantitative estimate of drug-likeness (QED) is 0.427. The maximum Gasteiger partial charge on any atom is 0.277 e. The number of halogens is 3. The molecule has 0 bridgehead atoms. The lowest BCUT2D eigenvalue weighted by molar-refractivity contribution is 0.116. The molecular weight excluding hydrogens is 538 g/mol. The van der Waals surface area contributed by atoms with Gasteiger partial charge in [-0.1, -0.05) is 15.9 Å². The Hall–Kier alpha value is -2.67. The van der Waals surface area contributed by atoms with E-state index >= 15 is 0 Å². The zero-order chi connectivity index (χ0) is 25.0. The Morgan fingerprint density at radius 3 is 2.32 bits per heavy atom. The lowest BCUT2D eigenvalue weighted by Gasteiger charge is -2.24. The Balaban J connectivity index is 2.33. The zero-order valence-electron chi connectivity index (χ0n) is 18.2. The van der Waals surface area contributed by atoms with E-state index in [1.807, 2.05) is 0 Å². The van der Waals surface area contributed by atoms with E-state index in [4.69, 9.17) is 9.47 Å². The molecule has 12 heteroatoms. The smallest absolute Gasteiger partial charge is 0.277 e. The number of nitrogens with zero attached hydrogens (tertiary/aromatic N) is 2. The van der Waals surface area contributed by atoms with Crippen LogP contribution in [-0.4, -0.2) is 43.4 Å². The number of methoxy groups -OCH3 is 1. The summed E-state index contributed by atoms with van der Waals surface area (Å²) in [4.78, 5) is 16.3. The summed E-state index contributed by atoms with van der Waals surface area (Å²) in [6.07, 6.45) is 0. The van der Waals surface area contributed by atoms with Gasteiger partial charge in [0.1, 0.15) is 24.1 Å². The molecular formula is C22H21BrF2N2O6S. The summed E-state index contributed by atoms with van der Waals surface area (Å²) >= 11 is 3.20. The van der Waals surface area contributed by atoms with Gasteiger partial charge in [-0.25, -0.2) is 17.2 Å². The minimum Gasteiger partial charge on any atom is -0.492 e. The van der Waals surface area contributed by atoms with Crippen LogP contribution in [0.25, 0.3) is 0 Å². The Kier molecular flexibility index (Phi) is 8.18. The van der Waals surface area contributed by atoms with E-state index < -0.39 is 43.8 Å². The third-order valence-electron chi connectivity index (χ3n) is 4.86. The number of aromatic nitrogens is 2. The molecule has 0 radical (unpaired) electrons. The van der Waals surface area contributed by atoms with Crippen LogP contribution in [0, 0.1) is 11.6 Å². The molecule has 1 N–H and O–H groups in total. The predicted molar refractivity (Wildman–Crippen MR) is 121 cm³/mol. The first-order valence-electron chi connectivity index (χ1n) is 9.97. The Morgan fingerprint density at radius 2 is 1.76 bits per heavy atom. The summed E-state index contributed by atoms with van der Waals surface area (Å²) < 4.78 is 66.5. The Labute approximate surface area is 202 Å². The molecule has 1 unspecified atom stereocenters. The van der Waals surface area contributed by atoms with Crippen molar-refractivity contribution in [1.29, 1.82) is 0 Å². The summed E-state index contributed by atoms with van der Waals surface area (Å²) in [5.41, 5.74) is -1.14. The first-order valence-corrected chi connectivity index (χ1v) is 12.3. The summed E-state index contributed by atoms with van der Waals surface area (Å²) in [6, 6.07) is 6.92. The van der Waals surface area contributed by atoms with Crippen molar-refractivity contribution in [2.75, 3.05) is 20.3 Å². The number of aromatic hydroxyl groups is 1. The highest BCUT2D eigenvalue weighted by Gasteiger charge is 2.32. The minimum atomic E-state index is -4.52. The maximum absolute atomic E-state index is 14.0. The van der Waals surface area contributed by atoms with Crippen molar-refractivity contribution in [2.45, 2.75) is 29.4 Å². The highest BCUT2D eigenvalue weighted by atomic mass is 79.9. The molecule has 0 aliphatic rings. The molecule has 8 nitrogen and oxygen atoms in total. The lowest BCUT2D eigenvalue weighted by Crippen LogP contribution is -2.35. The minimum absolute atomic E-state index is 0.00122. The summed E-state index contributed by atoms with van der Waals surface area (Å²) in [7, 11) is -3.21. The van der Waals surface area contributed by atoms with Gasteiger partial charge in [-0.15, -0.1) is 0 Å². The number of benzene rings is 2. The molecule has 0 fully saturated rings. The fourth-order valence-corrected chi connectivity index (χ4v) is 4.99. The molecule has 34 heavy (non-hydrogen) atoms. The van der Waals surface area contributed by atoms with Crippen LogP contribution in [0.2, 0.25) is 0 Å². The second kappa shape index (κ2) is 10.7. The number of sulfone groups is 1. The molecule has 0 aliphatic heterocycles. The molecule has 0 saturated carbocycles. The van der Waals surface area contributed by atoms with Crippen molar-refractivity contribution < 1.29 is 31.8 Å². The van der Waals surface area contributed by atoms with Gasteiger partial charge >= 0.3 is 0 Å². The highest BCUT2D eigenvalue weighted by Crippen LogP contribution is 2.28. The molecule has 1 atom stereocenters. The summed E-state index contributed by atoms with van der Waals surface area (Å²) in [5.74, 6) is -2.96. The molecule has 1 aromatic heterocycles. The standard InChI is InChI=1S/C22H21BrF2N2O6S/c1-3-33-12-19-26-21(28)20(34(30,31)17-6-4-14(23)5-7-17)22(29)27(19)18(11-32-2)13-8-15(24)10-16(25)9-13/h4-10,18,28H,3,11-12H2,1-2H3. The van der Waals surface area contributed by atoms with Gasteiger partial charge in [0.15, 0.2) is 4.90 Å².